The summed E-state index contributed by atoms with van der Waals surface area (Å²) >= 11 is 0. The van der Waals surface area contributed by atoms with E-state index in [1.807, 2.05) is 0 Å². The van der Waals surface area contributed by atoms with Gasteiger partial charge >= 0.3 is 0 Å². The molecule has 0 radical (unpaired) electrons. The predicted molar refractivity (Wildman–Crippen MR) is 83.5 cm³/mol. The predicted octanol–water partition coefficient (Wildman–Crippen LogP) is 3.67. The minimum absolute atomic E-state index is 0.380. The number of hydrogen-bond acceptors (Lipinski definition) is 2. The minimum atomic E-state index is 0.380. The van der Waals surface area contributed by atoms with Gasteiger partial charge in [0.25, 0.3) is 0 Å². The molecule has 1 aliphatic carbocycles. The molecule has 1 atom stereocenters. The molecule has 0 bridgehead atoms. The first-order chi connectivity index (χ1) is 9.10. The minimum Gasteiger partial charge on any atom is -0.308 e. The van der Waals surface area contributed by atoms with Crippen molar-refractivity contribution < 1.29 is 0 Å². The Morgan fingerprint density at radius 3 is 2.42 bits per heavy atom. The molecule has 1 saturated carbocycles. The highest BCUT2D eigenvalue weighted by atomic mass is 15.3. The monoisotopic (exact) mass is 266 g/mol. The van der Waals surface area contributed by atoms with Crippen molar-refractivity contribution in [3.8, 4) is 0 Å². The maximum atomic E-state index is 3.86. The lowest BCUT2D eigenvalue weighted by Crippen LogP contribution is -2.65. The second-order valence-corrected chi connectivity index (χ2v) is 7.24. The molecule has 2 aliphatic rings. The Labute approximate surface area is 120 Å². The molecule has 2 fully saturated rings. The van der Waals surface area contributed by atoms with E-state index in [-0.39, 0.29) is 0 Å². The summed E-state index contributed by atoms with van der Waals surface area (Å²) in [5.41, 5.74) is 0.380. The highest BCUT2D eigenvalue weighted by molar-refractivity contribution is 4.97. The van der Waals surface area contributed by atoms with E-state index in [0.29, 0.717) is 5.54 Å². The molecule has 1 unspecified atom stereocenters. The second kappa shape index (κ2) is 6.58. The van der Waals surface area contributed by atoms with Gasteiger partial charge in [0.05, 0.1) is 0 Å². The molecule has 1 aliphatic heterocycles. The lowest BCUT2D eigenvalue weighted by molar-refractivity contribution is 0.0489. The summed E-state index contributed by atoms with van der Waals surface area (Å²) in [6.45, 7) is 13.2. The Bertz CT molecular complexity index is 266. The van der Waals surface area contributed by atoms with Crippen LogP contribution in [0.4, 0.5) is 0 Å². The maximum absolute atomic E-state index is 3.86. The molecular formula is C17H34N2. The number of piperazine rings is 1. The van der Waals surface area contributed by atoms with Crippen LogP contribution >= 0.6 is 0 Å². The topological polar surface area (TPSA) is 15.3 Å². The molecule has 0 aromatic rings. The highest BCUT2D eigenvalue weighted by Crippen LogP contribution is 2.34. The van der Waals surface area contributed by atoms with Crippen molar-refractivity contribution in [1.82, 2.24) is 10.2 Å². The Morgan fingerprint density at radius 2 is 1.89 bits per heavy atom. The van der Waals surface area contributed by atoms with E-state index in [2.05, 4.69) is 37.9 Å². The van der Waals surface area contributed by atoms with Gasteiger partial charge in [-0.25, -0.2) is 0 Å². The maximum Gasteiger partial charge on any atom is 0.0304 e. The molecule has 19 heavy (non-hydrogen) atoms. The summed E-state index contributed by atoms with van der Waals surface area (Å²) in [6.07, 6.45) is 8.41. The van der Waals surface area contributed by atoms with Crippen molar-refractivity contribution in [2.75, 3.05) is 19.6 Å². The zero-order valence-corrected chi connectivity index (χ0v) is 13.5. The fraction of sp³-hybridized carbons (Fsp3) is 1.00. The normalized spacial score (nSPS) is 27.9. The summed E-state index contributed by atoms with van der Waals surface area (Å²) in [4.78, 5) is 2.80. The van der Waals surface area contributed by atoms with E-state index in [9.17, 15) is 0 Å². The van der Waals surface area contributed by atoms with Gasteiger partial charge in [0.2, 0.25) is 0 Å². The van der Waals surface area contributed by atoms with E-state index in [4.69, 9.17) is 0 Å². The third-order valence-electron chi connectivity index (χ3n) is 5.54. The van der Waals surface area contributed by atoms with Crippen LogP contribution in [-0.4, -0.2) is 36.1 Å². The fourth-order valence-electron chi connectivity index (χ4n) is 3.63. The quantitative estimate of drug-likeness (QED) is 0.756. The van der Waals surface area contributed by atoms with Gasteiger partial charge in [-0.05, 0) is 44.1 Å². The van der Waals surface area contributed by atoms with Crippen LogP contribution in [0.2, 0.25) is 0 Å². The van der Waals surface area contributed by atoms with Gasteiger partial charge in [0.1, 0.15) is 0 Å². The molecule has 0 amide bonds. The molecule has 1 saturated heterocycles. The van der Waals surface area contributed by atoms with Gasteiger partial charge < -0.3 is 5.32 Å². The molecule has 0 spiro atoms. The zero-order chi connectivity index (χ0) is 13.9. The first-order valence-corrected chi connectivity index (χ1v) is 8.59. The lowest BCUT2D eigenvalue weighted by atomic mass is 9.86. The average Bonchev–Trinajstić information content (AvgIpc) is 3.22. The van der Waals surface area contributed by atoms with Crippen LogP contribution in [0, 0.1) is 11.8 Å². The van der Waals surface area contributed by atoms with E-state index in [1.54, 1.807) is 0 Å². The number of nitrogens with one attached hydrogen (secondary N) is 1. The van der Waals surface area contributed by atoms with E-state index < -0.39 is 0 Å². The molecule has 2 nitrogen and oxygen atoms in total. The van der Waals surface area contributed by atoms with Gasteiger partial charge in [-0.15, -0.1) is 0 Å². The number of rotatable bonds is 7. The molecule has 0 aromatic carbocycles. The lowest BCUT2D eigenvalue weighted by Gasteiger charge is -2.49. The van der Waals surface area contributed by atoms with Crippen LogP contribution in [0.5, 0.6) is 0 Å². The summed E-state index contributed by atoms with van der Waals surface area (Å²) in [7, 11) is 0. The number of hydrogen-bond donors (Lipinski definition) is 1. The van der Waals surface area contributed by atoms with Crippen LogP contribution in [0.1, 0.15) is 66.2 Å². The van der Waals surface area contributed by atoms with E-state index in [0.717, 1.165) is 17.9 Å². The molecule has 0 aromatic heterocycles. The first kappa shape index (κ1) is 15.3. The molecule has 112 valence electrons. The average molecular weight is 266 g/mol. The van der Waals surface area contributed by atoms with E-state index in [1.165, 1.54) is 58.2 Å². The van der Waals surface area contributed by atoms with Gasteiger partial charge in [-0.2, -0.15) is 0 Å². The fourth-order valence-corrected chi connectivity index (χ4v) is 3.63. The largest absolute Gasteiger partial charge is 0.308 e. The van der Waals surface area contributed by atoms with Crippen LogP contribution in [0.15, 0.2) is 0 Å². The molecule has 1 heterocycles. The molecule has 2 heteroatoms. The van der Waals surface area contributed by atoms with Crippen molar-refractivity contribution in [2.45, 2.75) is 77.8 Å². The smallest absolute Gasteiger partial charge is 0.0304 e. The summed E-state index contributed by atoms with van der Waals surface area (Å²) in [6, 6.07) is 0.741. The van der Waals surface area contributed by atoms with Gasteiger partial charge in [-0.1, -0.05) is 40.5 Å². The SMILES string of the molecule is CCC1(CC)CN(CCCC2CC2)C(C(C)C)CN1. The Morgan fingerprint density at radius 1 is 1.21 bits per heavy atom. The molecule has 2 rings (SSSR count). The van der Waals surface area contributed by atoms with E-state index >= 15 is 0 Å². The Kier molecular flexibility index (Phi) is 5.30. The highest BCUT2D eigenvalue weighted by Gasteiger charge is 2.37. The van der Waals surface area contributed by atoms with Crippen molar-refractivity contribution in [2.24, 2.45) is 11.8 Å². The molecule has 1 N–H and O–H groups in total. The van der Waals surface area contributed by atoms with Gasteiger partial charge in [-0.3, -0.25) is 4.90 Å². The summed E-state index contributed by atoms with van der Waals surface area (Å²) < 4.78 is 0. The van der Waals surface area contributed by atoms with Crippen molar-refractivity contribution in [1.29, 1.82) is 0 Å². The third kappa shape index (κ3) is 3.95. The summed E-state index contributed by atoms with van der Waals surface area (Å²) in [5, 5.41) is 3.86. The first-order valence-electron chi connectivity index (χ1n) is 8.59. The zero-order valence-electron chi connectivity index (χ0n) is 13.5. The van der Waals surface area contributed by atoms with Gasteiger partial charge in [0.15, 0.2) is 0 Å². The van der Waals surface area contributed by atoms with Crippen LogP contribution in [-0.2, 0) is 0 Å². The van der Waals surface area contributed by atoms with Crippen molar-refractivity contribution in [3.05, 3.63) is 0 Å². The second-order valence-electron chi connectivity index (χ2n) is 7.24. The van der Waals surface area contributed by atoms with Crippen molar-refractivity contribution in [3.63, 3.8) is 0 Å². The molecular weight excluding hydrogens is 232 g/mol. The third-order valence-corrected chi connectivity index (χ3v) is 5.54. The Hall–Kier alpha value is -0.0800. The standard InChI is InChI=1S/C17H34N2/c1-5-17(6-2)13-19(11-7-8-15-9-10-15)16(12-18-17)14(3)4/h14-16,18H,5-13H2,1-4H3. The van der Waals surface area contributed by atoms with Crippen LogP contribution < -0.4 is 5.32 Å². The van der Waals surface area contributed by atoms with Crippen molar-refractivity contribution >= 4 is 0 Å². The Balaban J connectivity index is 1.90. The van der Waals surface area contributed by atoms with Gasteiger partial charge in [0, 0.05) is 24.7 Å². The van der Waals surface area contributed by atoms with Crippen LogP contribution in [0.25, 0.3) is 0 Å². The number of nitrogens with zero attached hydrogens (tertiary/aromatic N) is 1. The summed E-state index contributed by atoms with van der Waals surface area (Å²) in [5.74, 6) is 1.85. The van der Waals surface area contributed by atoms with Crippen LogP contribution in [0.3, 0.4) is 0 Å².